The van der Waals surface area contributed by atoms with E-state index in [1.54, 1.807) is 0 Å². The second-order valence-corrected chi connectivity index (χ2v) is 7.42. The Kier molecular flexibility index (Phi) is 7.37. The Morgan fingerprint density at radius 2 is 1.97 bits per heavy atom. The molecule has 3 aromatic rings. The van der Waals surface area contributed by atoms with Crippen LogP contribution in [0.2, 0.25) is 0 Å². The molecule has 11 heteroatoms. The Hall–Kier alpha value is -4.12. The zero-order chi connectivity index (χ0) is 24.9. The number of urea groups is 1. The fourth-order valence-electron chi connectivity index (χ4n) is 3.31. The van der Waals surface area contributed by atoms with Crippen molar-refractivity contribution in [1.29, 1.82) is 0 Å². The molecular formula is C23H23F3N5O3+. The molecule has 2 amide bonds. The highest BCUT2D eigenvalue weighted by Crippen LogP contribution is 2.30. The molecule has 8 nitrogen and oxygen atoms in total. The molecule has 0 saturated heterocycles. The summed E-state index contributed by atoms with van der Waals surface area (Å²) in [7, 11) is 0. The second-order valence-electron chi connectivity index (χ2n) is 7.42. The third-order valence-electron chi connectivity index (χ3n) is 4.75. The van der Waals surface area contributed by atoms with E-state index in [0.29, 0.717) is 12.3 Å². The monoisotopic (exact) mass is 474 g/mol. The SMILES string of the molecule is C=[N+](/C=C(/NC(=O)Nc1cccc(C(F)(F)F)c1)ON)Cc1cccc(-c2c(C)noc2C)c1. The second kappa shape index (κ2) is 10.2. The fourth-order valence-corrected chi connectivity index (χ4v) is 3.31. The van der Waals surface area contributed by atoms with Gasteiger partial charge in [-0.15, -0.1) is 0 Å². The van der Waals surface area contributed by atoms with Gasteiger partial charge < -0.3 is 14.7 Å². The van der Waals surface area contributed by atoms with Gasteiger partial charge in [-0.3, -0.25) is 5.32 Å². The minimum absolute atomic E-state index is 0.0497. The Morgan fingerprint density at radius 3 is 2.62 bits per heavy atom. The van der Waals surface area contributed by atoms with Gasteiger partial charge in [0, 0.05) is 16.8 Å². The standard InChI is InChI=1S/C23H22F3N5O3/c1-14-21(15(2)34-30-14)17-7-4-6-16(10-17)12-31(3)13-20(33-27)29-22(32)28-19-9-5-8-18(11-19)23(24,25)26/h4-11,13H,3,12,27H2,1-2H3,(H-,28,29,32)/p+1/b20-13-. The van der Waals surface area contributed by atoms with E-state index in [4.69, 9.17) is 10.4 Å². The third-order valence-corrected chi connectivity index (χ3v) is 4.75. The number of hydrogen-bond donors (Lipinski definition) is 3. The number of halogens is 3. The summed E-state index contributed by atoms with van der Waals surface area (Å²) in [5, 5.41) is 8.58. The molecule has 34 heavy (non-hydrogen) atoms. The predicted molar refractivity (Wildman–Crippen MR) is 119 cm³/mol. The van der Waals surface area contributed by atoms with Gasteiger partial charge in [0.1, 0.15) is 12.5 Å². The summed E-state index contributed by atoms with van der Waals surface area (Å²) in [4.78, 5) is 16.9. The van der Waals surface area contributed by atoms with Crippen LogP contribution in [0.5, 0.6) is 0 Å². The first kappa shape index (κ1) is 24.5. The van der Waals surface area contributed by atoms with E-state index in [9.17, 15) is 18.0 Å². The molecular weight excluding hydrogens is 451 g/mol. The van der Waals surface area contributed by atoms with Crippen LogP contribution in [0.4, 0.5) is 23.7 Å². The van der Waals surface area contributed by atoms with Gasteiger partial charge >= 0.3 is 12.2 Å². The molecule has 1 heterocycles. The molecule has 0 saturated carbocycles. The third kappa shape index (κ3) is 6.23. The molecule has 2 aromatic carbocycles. The van der Waals surface area contributed by atoms with Crippen LogP contribution < -0.4 is 16.5 Å². The Balaban J connectivity index is 1.66. The number of amides is 2. The molecule has 0 atom stereocenters. The first-order valence-electron chi connectivity index (χ1n) is 10.00. The smallest absolute Gasteiger partial charge is 0.387 e. The van der Waals surface area contributed by atoms with Crippen molar-refractivity contribution in [3.8, 4) is 11.1 Å². The lowest BCUT2D eigenvalue weighted by Gasteiger charge is -2.11. The summed E-state index contributed by atoms with van der Waals surface area (Å²) in [6.45, 7) is 7.90. The highest BCUT2D eigenvalue weighted by atomic mass is 19.4. The maximum absolute atomic E-state index is 12.8. The lowest BCUT2D eigenvalue weighted by atomic mass is 10.0. The van der Waals surface area contributed by atoms with Gasteiger partial charge in [0.05, 0.1) is 11.3 Å². The predicted octanol–water partition coefficient (Wildman–Crippen LogP) is 4.70. The number of nitrogens with zero attached hydrogens (tertiary/aromatic N) is 2. The van der Waals surface area contributed by atoms with Gasteiger partial charge in [0.2, 0.25) is 6.20 Å². The lowest BCUT2D eigenvalue weighted by molar-refractivity contribution is -0.467. The molecule has 0 aliphatic heterocycles. The van der Waals surface area contributed by atoms with E-state index < -0.39 is 17.8 Å². The Labute approximate surface area is 193 Å². The van der Waals surface area contributed by atoms with Crippen molar-refractivity contribution in [3.63, 3.8) is 0 Å². The summed E-state index contributed by atoms with van der Waals surface area (Å²) >= 11 is 0. The van der Waals surface area contributed by atoms with Crippen LogP contribution in [-0.2, 0) is 17.6 Å². The topological polar surface area (TPSA) is 105 Å². The molecule has 1 aromatic heterocycles. The quantitative estimate of drug-likeness (QED) is 0.199. The number of carbonyl (C=O) groups excluding carboxylic acids is 1. The molecule has 178 valence electrons. The van der Waals surface area contributed by atoms with Gasteiger partial charge in [0.15, 0.2) is 6.54 Å². The van der Waals surface area contributed by atoms with E-state index in [2.05, 4.69) is 27.3 Å². The Bertz CT molecular complexity index is 1220. The van der Waals surface area contributed by atoms with Crippen LogP contribution >= 0.6 is 0 Å². The molecule has 4 N–H and O–H groups in total. The maximum Gasteiger partial charge on any atom is 0.416 e. The number of nitrogens with one attached hydrogen (secondary N) is 2. The van der Waals surface area contributed by atoms with E-state index in [1.807, 2.05) is 38.1 Å². The summed E-state index contributed by atoms with van der Waals surface area (Å²) in [5.74, 6) is 5.77. The summed E-state index contributed by atoms with van der Waals surface area (Å²) in [6, 6.07) is 11.0. The van der Waals surface area contributed by atoms with Gasteiger partial charge in [-0.2, -0.15) is 19.1 Å². The van der Waals surface area contributed by atoms with Crippen molar-refractivity contribution in [3.05, 3.63) is 83.2 Å². The van der Waals surface area contributed by atoms with Crippen molar-refractivity contribution in [2.45, 2.75) is 26.6 Å². The van der Waals surface area contributed by atoms with Crippen molar-refractivity contribution in [1.82, 2.24) is 10.5 Å². The van der Waals surface area contributed by atoms with Gasteiger partial charge in [-0.05, 0) is 43.7 Å². The Morgan fingerprint density at radius 1 is 1.24 bits per heavy atom. The maximum atomic E-state index is 12.8. The van der Waals surface area contributed by atoms with Crippen molar-refractivity contribution < 1.29 is 31.9 Å². The van der Waals surface area contributed by atoms with Crippen LogP contribution in [0, 0.1) is 13.8 Å². The van der Waals surface area contributed by atoms with Crippen LogP contribution in [0.25, 0.3) is 11.1 Å². The first-order valence-corrected chi connectivity index (χ1v) is 10.00. The average molecular weight is 474 g/mol. The fraction of sp³-hybridized carbons (Fsp3) is 0.174. The van der Waals surface area contributed by atoms with Crippen LogP contribution in [0.15, 0.2) is 65.1 Å². The number of aromatic nitrogens is 1. The molecule has 0 spiro atoms. The zero-order valence-corrected chi connectivity index (χ0v) is 18.4. The van der Waals surface area contributed by atoms with Gasteiger partial charge in [-0.25, -0.2) is 9.37 Å². The van der Waals surface area contributed by atoms with Gasteiger partial charge in [-0.1, -0.05) is 29.4 Å². The number of rotatable bonds is 7. The minimum Gasteiger partial charge on any atom is -0.387 e. The summed E-state index contributed by atoms with van der Waals surface area (Å²) in [5.41, 5.74) is 2.57. The average Bonchev–Trinajstić information content (AvgIpc) is 3.10. The molecule has 0 unspecified atom stereocenters. The van der Waals surface area contributed by atoms with Crippen LogP contribution in [0.1, 0.15) is 22.6 Å². The molecule has 0 bridgehead atoms. The summed E-state index contributed by atoms with van der Waals surface area (Å²) in [6.07, 6.45) is -3.19. The van der Waals surface area contributed by atoms with Crippen molar-refractivity contribution in [2.24, 2.45) is 5.90 Å². The number of aryl methyl sites for hydroxylation is 2. The molecule has 0 aliphatic carbocycles. The number of alkyl halides is 3. The number of anilines is 1. The largest absolute Gasteiger partial charge is 0.416 e. The zero-order valence-electron chi connectivity index (χ0n) is 18.4. The number of hydrogen-bond acceptors (Lipinski definition) is 5. The highest BCUT2D eigenvalue weighted by Gasteiger charge is 2.30. The normalized spacial score (nSPS) is 11.8. The molecule has 0 fully saturated rings. The molecule has 0 radical (unpaired) electrons. The van der Waals surface area contributed by atoms with Crippen molar-refractivity contribution >= 4 is 18.4 Å². The minimum atomic E-state index is -4.53. The van der Waals surface area contributed by atoms with E-state index >= 15 is 0 Å². The van der Waals surface area contributed by atoms with E-state index in [1.165, 1.54) is 22.9 Å². The highest BCUT2D eigenvalue weighted by molar-refractivity contribution is 5.90. The van der Waals surface area contributed by atoms with Crippen molar-refractivity contribution in [2.75, 3.05) is 5.32 Å². The van der Waals surface area contributed by atoms with Crippen LogP contribution in [0.3, 0.4) is 0 Å². The number of nitrogens with two attached hydrogens (primary N) is 1. The molecule has 0 aliphatic rings. The van der Waals surface area contributed by atoms with Crippen LogP contribution in [-0.4, -0.2) is 22.5 Å². The summed E-state index contributed by atoms with van der Waals surface area (Å²) < 4.78 is 45.2. The van der Waals surface area contributed by atoms with Gasteiger partial charge in [0.25, 0.3) is 5.88 Å². The molecule has 3 rings (SSSR count). The van der Waals surface area contributed by atoms with E-state index in [0.717, 1.165) is 34.5 Å². The first-order chi connectivity index (χ1) is 16.1. The number of carbonyl (C=O) groups is 1. The number of benzene rings is 2. The van der Waals surface area contributed by atoms with E-state index in [-0.39, 0.29) is 11.6 Å². The lowest BCUT2D eigenvalue weighted by Crippen LogP contribution is -2.31.